The van der Waals surface area contributed by atoms with Crippen molar-refractivity contribution in [2.24, 2.45) is 0 Å². The molecule has 2 aromatic carbocycles. The van der Waals surface area contributed by atoms with E-state index in [1.165, 1.54) is 18.2 Å². The van der Waals surface area contributed by atoms with Crippen LogP contribution in [-0.2, 0) is 11.0 Å². The third-order valence-corrected chi connectivity index (χ3v) is 5.13. The largest absolute Gasteiger partial charge is 0.416 e. The third-order valence-electron chi connectivity index (χ3n) is 3.64. The number of halogens is 5. The summed E-state index contributed by atoms with van der Waals surface area (Å²) in [6.07, 6.45) is -4.50. The van der Waals surface area contributed by atoms with E-state index in [4.69, 9.17) is 29.0 Å². The van der Waals surface area contributed by atoms with Crippen LogP contribution in [0.25, 0.3) is 11.4 Å². The van der Waals surface area contributed by atoms with Gasteiger partial charge in [0.25, 0.3) is 0 Å². The molecular weight excluding hydrogens is 450 g/mol. The highest BCUT2D eigenvalue weighted by Gasteiger charge is 2.30. The number of nitrogen functional groups attached to an aromatic ring is 1. The molecule has 0 unspecified atom stereocenters. The number of hydrogen-bond acceptors (Lipinski definition) is 5. The zero-order chi connectivity index (χ0) is 21.2. The standard InChI is InChI=1S/C17H12Cl2F3N5OS/c18-10-4-5-12(13(19)7-10)15-25-26-16(27(15)23)29-8-14(28)24-11-3-1-2-9(6-11)17(20,21)22/h1-7H,8,23H2,(H,24,28). The molecule has 3 rings (SSSR count). The molecule has 0 fully saturated rings. The van der Waals surface area contributed by atoms with Crippen LogP contribution < -0.4 is 11.2 Å². The van der Waals surface area contributed by atoms with Crippen LogP contribution in [0.5, 0.6) is 0 Å². The number of carbonyl (C=O) groups is 1. The molecule has 0 aliphatic heterocycles. The van der Waals surface area contributed by atoms with Crippen LogP contribution in [0.3, 0.4) is 0 Å². The van der Waals surface area contributed by atoms with Crippen LogP contribution in [0.4, 0.5) is 18.9 Å². The summed E-state index contributed by atoms with van der Waals surface area (Å²) in [6, 6.07) is 9.13. The van der Waals surface area contributed by atoms with Gasteiger partial charge in [-0.15, -0.1) is 10.2 Å². The fourth-order valence-electron chi connectivity index (χ4n) is 2.33. The Hall–Kier alpha value is -2.43. The maximum Gasteiger partial charge on any atom is 0.416 e. The Morgan fingerprint density at radius 2 is 1.93 bits per heavy atom. The molecule has 0 aliphatic carbocycles. The highest BCUT2D eigenvalue weighted by molar-refractivity contribution is 7.99. The van der Waals surface area contributed by atoms with Crippen molar-refractivity contribution in [2.75, 3.05) is 16.9 Å². The first-order valence-corrected chi connectivity index (χ1v) is 9.65. The number of rotatable bonds is 5. The number of benzene rings is 2. The smallest absolute Gasteiger partial charge is 0.335 e. The molecule has 0 aliphatic rings. The topological polar surface area (TPSA) is 85.8 Å². The number of nitrogens with one attached hydrogen (secondary N) is 1. The van der Waals surface area contributed by atoms with Gasteiger partial charge in [0, 0.05) is 16.3 Å². The second kappa shape index (κ2) is 8.52. The highest BCUT2D eigenvalue weighted by Crippen LogP contribution is 2.31. The Balaban J connectivity index is 1.66. The fourth-order valence-corrected chi connectivity index (χ4v) is 3.48. The zero-order valence-electron chi connectivity index (χ0n) is 14.4. The van der Waals surface area contributed by atoms with E-state index in [0.29, 0.717) is 15.6 Å². The van der Waals surface area contributed by atoms with Crippen molar-refractivity contribution in [3.63, 3.8) is 0 Å². The Morgan fingerprint density at radius 1 is 1.17 bits per heavy atom. The molecule has 3 N–H and O–H groups in total. The van der Waals surface area contributed by atoms with Crippen molar-refractivity contribution in [3.8, 4) is 11.4 Å². The zero-order valence-corrected chi connectivity index (χ0v) is 16.7. The van der Waals surface area contributed by atoms with Crippen molar-refractivity contribution >= 4 is 46.6 Å². The molecule has 1 heterocycles. The first-order chi connectivity index (χ1) is 13.6. The van der Waals surface area contributed by atoms with Gasteiger partial charge < -0.3 is 11.2 Å². The Labute approximate surface area is 177 Å². The van der Waals surface area contributed by atoms with Gasteiger partial charge in [-0.1, -0.05) is 41.0 Å². The normalized spacial score (nSPS) is 11.5. The van der Waals surface area contributed by atoms with Gasteiger partial charge in [-0.2, -0.15) is 13.2 Å². The number of nitrogens with two attached hydrogens (primary N) is 1. The van der Waals surface area contributed by atoms with E-state index in [-0.39, 0.29) is 22.4 Å². The second-order valence-electron chi connectivity index (χ2n) is 5.72. The lowest BCUT2D eigenvalue weighted by molar-refractivity contribution is -0.137. The summed E-state index contributed by atoms with van der Waals surface area (Å²) in [7, 11) is 0. The van der Waals surface area contributed by atoms with Crippen LogP contribution in [0.2, 0.25) is 10.0 Å². The lowest BCUT2D eigenvalue weighted by Gasteiger charge is -2.10. The Bertz CT molecular complexity index is 1060. The van der Waals surface area contributed by atoms with E-state index in [2.05, 4.69) is 15.5 Å². The minimum Gasteiger partial charge on any atom is -0.335 e. The van der Waals surface area contributed by atoms with E-state index < -0.39 is 17.6 Å². The average Bonchev–Trinajstić information content (AvgIpc) is 3.00. The summed E-state index contributed by atoms with van der Waals surface area (Å²) in [6.45, 7) is 0. The lowest BCUT2D eigenvalue weighted by atomic mass is 10.2. The SMILES string of the molecule is Nn1c(SCC(=O)Nc2cccc(C(F)(F)F)c2)nnc1-c1ccc(Cl)cc1Cl. The van der Waals surface area contributed by atoms with Gasteiger partial charge >= 0.3 is 6.18 Å². The first kappa shape index (κ1) is 21.3. The molecule has 0 bridgehead atoms. The van der Waals surface area contributed by atoms with Gasteiger partial charge in [0.15, 0.2) is 5.82 Å². The molecule has 3 aromatic rings. The van der Waals surface area contributed by atoms with Crippen LogP contribution in [0, 0.1) is 0 Å². The molecule has 1 aromatic heterocycles. The molecule has 0 radical (unpaired) electrons. The molecule has 0 atom stereocenters. The van der Waals surface area contributed by atoms with Gasteiger partial charge in [-0.25, -0.2) is 4.68 Å². The number of amides is 1. The van der Waals surface area contributed by atoms with Crippen LogP contribution >= 0.6 is 35.0 Å². The lowest BCUT2D eigenvalue weighted by Crippen LogP contribution is -2.17. The fraction of sp³-hybridized carbons (Fsp3) is 0.118. The average molecular weight is 462 g/mol. The maximum atomic E-state index is 12.7. The number of anilines is 1. The first-order valence-electron chi connectivity index (χ1n) is 7.91. The number of thioether (sulfide) groups is 1. The monoisotopic (exact) mass is 461 g/mol. The molecule has 152 valence electrons. The summed E-state index contributed by atoms with van der Waals surface area (Å²) in [4.78, 5) is 12.1. The van der Waals surface area contributed by atoms with Crippen molar-refractivity contribution in [2.45, 2.75) is 11.3 Å². The van der Waals surface area contributed by atoms with E-state index in [0.717, 1.165) is 28.6 Å². The van der Waals surface area contributed by atoms with Gasteiger partial charge in [-0.3, -0.25) is 4.79 Å². The molecular formula is C17H12Cl2F3N5OS. The number of nitrogens with zero attached hydrogens (tertiary/aromatic N) is 3. The maximum absolute atomic E-state index is 12.7. The van der Waals surface area contributed by atoms with Crippen molar-refractivity contribution in [3.05, 3.63) is 58.1 Å². The predicted octanol–water partition coefficient (Wildman–Crippen LogP) is 4.72. The van der Waals surface area contributed by atoms with Crippen LogP contribution in [0.15, 0.2) is 47.6 Å². The molecule has 0 saturated heterocycles. The van der Waals surface area contributed by atoms with Crippen LogP contribution in [-0.4, -0.2) is 26.5 Å². The Morgan fingerprint density at radius 3 is 2.62 bits per heavy atom. The molecule has 0 saturated carbocycles. The Kier molecular flexibility index (Phi) is 6.25. The number of hydrogen-bond donors (Lipinski definition) is 2. The molecule has 6 nitrogen and oxygen atoms in total. The van der Waals surface area contributed by atoms with E-state index >= 15 is 0 Å². The summed E-state index contributed by atoms with van der Waals surface area (Å²) < 4.78 is 39.4. The van der Waals surface area contributed by atoms with Crippen molar-refractivity contribution in [1.82, 2.24) is 14.9 Å². The van der Waals surface area contributed by atoms with E-state index in [1.54, 1.807) is 12.1 Å². The molecule has 0 spiro atoms. The molecule has 29 heavy (non-hydrogen) atoms. The van der Waals surface area contributed by atoms with E-state index in [1.807, 2.05) is 0 Å². The summed E-state index contributed by atoms with van der Waals surface area (Å²) in [5.41, 5.74) is -0.311. The van der Waals surface area contributed by atoms with Gasteiger partial charge in [0.05, 0.1) is 16.3 Å². The molecule has 1 amide bonds. The van der Waals surface area contributed by atoms with Gasteiger partial charge in [0.1, 0.15) is 0 Å². The summed E-state index contributed by atoms with van der Waals surface area (Å²) in [5.74, 6) is 5.58. The quantitative estimate of drug-likeness (QED) is 0.424. The number of carbonyl (C=O) groups excluding carboxylic acids is 1. The predicted molar refractivity (Wildman–Crippen MR) is 106 cm³/mol. The van der Waals surface area contributed by atoms with Gasteiger partial charge in [0.2, 0.25) is 11.1 Å². The van der Waals surface area contributed by atoms with Crippen LogP contribution in [0.1, 0.15) is 5.56 Å². The highest BCUT2D eigenvalue weighted by atomic mass is 35.5. The van der Waals surface area contributed by atoms with Crippen molar-refractivity contribution < 1.29 is 18.0 Å². The minimum atomic E-state index is -4.50. The second-order valence-corrected chi connectivity index (χ2v) is 7.50. The minimum absolute atomic E-state index is 0.0354. The molecule has 12 heteroatoms. The van der Waals surface area contributed by atoms with Crippen molar-refractivity contribution in [1.29, 1.82) is 0 Å². The summed E-state index contributed by atoms with van der Waals surface area (Å²) >= 11 is 13.0. The number of alkyl halides is 3. The van der Waals surface area contributed by atoms with Gasteiger partial charge in [-0.05, 0) is 36.4 Å². The van der Waals surface area contributed by atoms with E-state index in [9.17, 15) is 18.0 Å². The number of aromatic nitrogens is 3. The third kappa shape index (κ3) is 5.14. The summed E-state index contributed by atoms with van der Waals surface area (Å²) in [5, 5.41) is 11.3.